The first-order valence-corrected chi connectivity index (χ1v) is 7.82. The first-order valence-electron chi connectivity index (χ1n) is 6.65. The van der Waals surface area contributed by atoms with E-state index in [1.807, 2.05) is 24.3 Å². The minimum atomic E-state index is -0.524. The predicted molar refractivity (Wildman–Crippen MR) is 93.4 cm³/mol. The molecule has 0 aliphatic rings. The lowest BCUT2D eigenvalue weighted by Crippen LogP contribution is -2.05. The highest BCUT2D eigenvalue weighted by Crippen LogP contribution is 2.30. The van der Waals surface area contributed by atoms with Crippen LogP contribution in [0.4, 0.5) is 0 Å². The molecule has 4 nitrogen and oxygen atoms in total. The van der Waals surface area contributed by atoms with E-state index in [4.69, 9.17) is 22.8 Å². The highest BCUT2D eigenvalue weighted by molar-refractivity contribution is 9.10. The Hall–Kier alpha value is -2.29. The molecule has 1 heterocycles. The number of halogens is 2. The van der Waals surface area contributed by atoms with Gasteiger partial charge in [0.25, 0.3) is 0 Å². The standard InChI is InChI=1S/C17H10BrClN2O2/c1-2-7-23-17(22)10-8-13(19)15-14(9-10)20-16(21-15)11-5-3-4-6-12(11)18/h1,3-6,8-9H,7H2,(H,20,21). The summed E-state index contributed by atoms with van der Waals surface area (Å²) in [6.45, 7) is -0.0837. The van der Waals surface area contributed by atoms with Gasteiger partial charge < -0.3 is 9.72 Å². The van der Waals surface area contributed by atoms with Crippen molar-refractivity contribution in [1.29, 1.82) is 0 Å². The summed E-state index contributed by atoms with van der Waals surface area (Å²) in [5.74, 6) is 2.38. The van der Waals surface area contributed by atoms with Crippen LogP contribution >= 0.6 is 27.5 Å². The summed E-state index contributed by atoms with van der Waals surface area (Å²) in [6.07, 6.45) is 5.08. The number of ether oxygens (including phenoxy) is 1. The van der Waals surface area contributed by atoms with Gasteiger partial charge in [-0.05, 0) is 18.2 Å². The maximum absolute atomic E-state index is 11.9. The second kappa shape index (κ2) is 6.45. The molecule has 1 aromatic heterocycles. The average molecular weight is 390 g/mol. The number of aromatic nitrogens is 2. The zero-order chi connectivity index (χ0) is 16.4. The average Bonchev–Trinajstić information content (AvgIpc) is 2.97. The molecule has 0 atom stereocenters. The quantitative estimate of drug-likeness (QED) is 0.532. The van der Waals surface area contributed by atoms with Gasteiger partial charge in [-0.3, -0.25) is 0 Å². The minimum absolute atomic E-state index is 0.0837. The Bertz CT molecular complexity index is 943. The van der Waals surface area contributed by atoms with Gasteiger partial charge in [0.15, 0.2) is 6.61 Å². The molecule has 2 aromatic carbocycles. The van der Waals surface area contributed by atoms with E-state index in [2.05, 4.69) is 31.8 Å². The topological polar surface area (TPSA) is 55.0 Å². The molecule has 6 heteroatoms. The molecule has 0 amide bonds. The summed E-state index contributed by atoms with van der Waals surface area (Å²) in [6, 6.07) is 10.9. The van der Waals surface area contributed by atoms with Gasteiger partial charge >= 0.3 is 5.97 Å². The van der Waals surface area contributed by atoms with Gasteiger partial charge in [0.05, 0.1) is 16.1 Å². The molecule has 0 radical (unpaired) electrons. The van der Waals surface area contributed by atoms with E-state index in [1.165, 1.54) is 6.07 Å². The molecule has 114 valence electrons. The molecule has 0 aliphatic carbocycles. The molecule has 0 saturated heterocycles. The third kappa shape index (κ3) is 3.09. The van der Waals surface area contributed by atoms with Crippen LogP contribution in [0.3, 0.4) is 0 Å². The number of benzene rings is 2. The molecular weight excluding hydrogens is 380 g/mol. The summed E-state index contributed by atoms with van der Waals surface area (Å²) in [5, 5.41) is 0.365. The second-order valence-corrected chi connectivity index (χ2v) is 5.96. The lowest BCUT2D eigenvalue weighted by Gasteiger charge is -2.02. The number of nitrogens with one attached hydrogen (secondary N) is 1. The predicted octanol–water partition coefficient (Wildman–Crippen LogP) is 4.44. The number of rotatable bonds is 3. The van der Waals surface area contributed by atoms with Crippen molar-refractivity contribution in [2.45, 2.75) is 0 Å². The zero-order valence-electron chi connectivity index (χ0n) is 11.8. The number of nitrogens with zero attached hydrogens (tertiary/aromatic N) is 1. The van der Waals surface area contributed by atoms with Crippen LogP contribution < -0.4 is 0 Å². The van der Waals surface area contributed by atoms with E-state index in [1.54, 1.807) is 6.07 Å². The Morgan fingerprint density at radius 1 is 1.39 bits per heavy atom. The first kappa shape index (κ1) is 15.6. The molecule has 0 spiro atoms. The van der Waals surface area contributed by atoms with Crippen LogP contribution in [0.5, 0.6) is 0 Å². The van der Waals surface area contributed by atoms with Gasteiger partial charge in [-0.25, -0.2) is 9.78 Å². The van der Waals surface area contributed by atoms with Crippen molar-refractivity contribution in [3.8, 4) is 23.7 Å². The van der Waals surface area contributed by atoms with Crippen LogP contribution in [0.2, 0.25) is 5.02 Å². The Kier molecular flexibility index (Phi) is 4.37. The molecule has 23 heavy (non-hydrogen) atoms. The Labute approximate surface area is 146 Å². The SMILES string of the molecule is C#CCOC(=O)c1cc(Cl)c2nc(-c3ccccc3Br)[nH]c2c1. The fourth-order valence-electron chi connectivity index (χ4n) is 2.16. The van der Waals surface area contributed by atoms with Gasteiger partial charge in [0.2, 0.25) is 0 Å². The maximum atomic E-state index is 11.9. The van der Waals surface area contributed by atoms with Crippen molar-refractivity contribution in [1.82, 2.24) is 9.97 Å². The van der Waals surface area contributed by atoms with E-state index in [0.717, 1.165) is 10.0 Å². The van der Waals surface area contributed by atoms with Crippen molar-refractivity contribution in [3.05, 3.63) is 51.5 Å². The molecule has 0 bridgehead atoms. The van der Waals surface area contributed by atoms with Crippen LogP contribution in [-0.2, 0) is 4.74 Å². The van der Waals surface area contributed by atoms with Gasteiger partial charge in [-0.1, -0.05) is 51.7 Å². The lowest BCUT2D eigenvalue weighted by atomic mass is 10.2. The number of H-pyrrole nitrogens is 1. The van der Waals surface area contributed by atoms with E-state index in [9.17, 15) is 4.79 Å². The second-order valence-electron chi connectivity index (χ2n) is 4.70. The van der Waals surface area contributed by atoms with Crippen molar-refractivity contribution < 1.29 is 9.53 Å². The number of fused-ring (bicyclic) bond motifs is 1. The highest BCUT2D eigenvalue weighted by Gasteiger charge is 2.15. The number of terminal acetylenes is 1. The number of esters is 1. The number of carbonyl (C=O) groups excluding carboxylic acids is 1. The van der Waals surface area contributed by atoms with Crippen LogP contribution in [0.25, 0.3) is 22.4 Å². The third-order valence-corrected chi connectivity index (χ3v) is 4.17. The Balaban J connectivity index is 2.07. The summed E-state index contributed by atoms with van der Waals surface area (Å²) >= 11 is 9.73. The van der Waals surface area contributed by atoms with Gasteiger partial charge in [0, 0.05) is 10.0 Å². The number of carbonyl (C=O) groups is 1. The number of imidazole rings is 1. The Morgan fingerprint density at radius 3 is 2.91 bits per heavy atom. The van der Waals surface area contributed by atoms with Gasteiger partial charge in [-0.2, -0.15) is 0 Å². The largest absolute Gasteiger partial charge is 0.449 e. The first-order chi connectivity index (χ1) is 11.1. The van der Waals surface area contributed by atoms with Crippen molar-refractivity contribution in [2.24, 2.45) is 0 Å². The van der Waals surface area contributed by atoms with E-state index in [-0.39, 0.29) is 6.61 Å². The fourth-order valence-corrected chi connectivity index (χ4v) is 2.90. The molecular formula is C17H10BrClN2O2. The summed E-state index contributed by atoms with van der Waals surface area (Å²) in [5.41, 5.74) is 2.46. The van der Waals surface area contributed by atoms with E-state index < -0.39 is 5.97 Å². The number of aromatic amines is 1. The molecule has 3 rings (SSSR count). The normalized spacial score (nSPS) is 10.5. The monoisotopic (exact) mass is 388 g/mol. The van der Waals surface area contributed by atoms with E-state index >= 15 is 0 Å². The smallest absolute Gasteiger partial charge is 0.339 e. The Morgan fingerprint density at radius 2 is 2.17 bits per heavy atom. The summed E-state index contributed by atoms with van der Waals surface area (Å²) in [4.78, 5) is 19.6. The number of hydrogen-bond donors (Lipinski definition) is 1. The van der Waals surface area contributed by atoms with Crippen molar-refractivity contribution in [3.63, 3.8) is 0 Å². The van der Waals surface area contributed by atoms with Gasteiger partial charge in [-0.15, -0.1) is 6.42 Å². The van der Waals surface area contributed by atoms with E-state index in [0.29, 0.717) is 27.4 Å². The number of hydrogen-bond acceptors (Lipinski definition) is 3. The fraction of sp³-hybridized carbons (Fsp3) is 0.0588. The van der Waals surface area contributed by atoms with Crippen molar-refractivity contribution >= 4 is 44.5 Å². The molecule has 0 saturated carbocycles. The lowest BCUT2D eigenvalue weighted by molar-refractivity contribution is 0.0557. The van der Waals surface area contributed by atoms with Crippen LogP contribution in [0.1, 0.15) is 10.4 Å². The van der Waals surface area contributed by atoms with Crippen LogP contribution in [0, 0.1) is 12.3 Å². The van der Waals surface area contributed by atoms with Crippen LogP contribution in [0.15, 0.2) is 40.9 Å². The maximum Gasteiger partial charge on any atom is 0.339 e. The molecule has 3 aromatic rings. The zero-order valence-corrected chi connectivity index (χ0v) is 14.1. The molecule has 1 N–H and O–H groups in total. The summed E-state index contributed by atoms with van der Waals surface area (Å²) < 4.78 is 5.82. The van der Waals surface area contributed by atoms with Gasteiger partial charge in [0.1, 0.15) is 11.3 Å². The highest BCUT2D eigenvalue weighted by atomic mass is 79.9. The minimum Gasteiger partial charge on any atom is -0.449 e. The third-order valence-electron chi connectivity index (χ3n) is 3.19. The molecule has 0 aliphatic heterocycles. The van der Waals surface area contributed by atoms with Crippen molar-refractivity contribution in [2.75, 3.05) is 6.61 Å². The molecule has 0 unspecified atom stereocenters. The summed E-state index contributed by atoms with van der Waals surface area (Å²) in [7, 11) is 0. The van der Waals surface area contributed by atoms with Crippen LogP contribution in [-0.4, -0.2) is 22.5 Å². The molecule has 0 fully saturated rings.